The van der Waals surface area contributed by atoms with Gasteiger partial charge in [0.05, 0.1) is 34.5 Å². The second-order valence-corrected chi connectivity index (χ2v) is 6.40. The molecule has 0 bridgehead atoms. The van der Waals surface area contributed by atoms with Crippen LogP contribution < -0.4 is 18.9 Å². The van der Waals surface area contributed by atoms with E-state index >= 15 is 0 Å². The Balaban J connectivity index is 1.96. The average Bonchev–Trinajstić information content (AvgIpc) is 2.72. The van der Waals surface area contributed by atoms with E-state index in [1.165, 1.54) is 19.8 Å². The fourth-order valence-electron chi connectivity index (χ4n) is 3.57. The summed E-state index contributed by atoms with van der Waals surface area (Å²) in [5, 5.41) is 0. The van der Waals surface area contributed by atoms with E-state index in [4.69, 9.17) is 18.9 Å². The van der Waals surface area contributed by atoms with Crippen molar-refractivity contribution in [3.05, 3.63) is 47.0 Å². The van der Waals surface area contributed by atoms with Crippen LogP contribution in [-0.2, 0) is 6.42 Å². The minimum absolute atomic E-state index is 0.0598. The number of hydrogen-bond acceptors (Lipinski definition) is 5. The summed E-state index contributed by atoms with van der Waals surface area (Å²) in [5.74, 6) is 2.12. The Hall–Kier alpha value is -2.89. The smallest absolute Gasteiger partial charge is 0.254 e. The number of rotatable bonds is 5. The average molecular weight is 371 g/mol. The van der Waals surface area contributed by atoms with E-state index in [-0.39, 0.29) is 11.9 Å². The van der Waals surface area contributed by atoms with Crippen LogP contribution in [0.25, 0.3) is 0 Å². The molecule has 1 amide bonds. The van der Waals surface area contributed by atoms with Gasteiger partial charge in [0.2, 0.25) is 5.75 Å². The van der Waals surface area contributed by atoms with Crippen molar-refractivity contribution in [3.63, 3.8) is 0 Å². The van der Waals surface area contributed by atoms with Crippen molar-refractivity contribution in [2.45, 2.75) is 19.4 Å². The van der Waals surface area contributed by atoms with Crippen molar-refractivity contribution >= 4 is 5.91 Å². The van der Waals surface area contributed by atoms with Crippen LogP contribution in [0, 0.1) is 0 Å². The topological polar surface area (TPSA) is 57.2 Å². The first-order valence-corrected chi connectivity index (χ1v) is 8.81. The van der Waals surface area contributed by atoms with Crippen LogP contribution in [0.3, 0.4) is 0 Å². The number of nitrogens with zero attached hydrogens (tertiary/aromatic N) is 1. The number of hydrogen-bond donors (Lipinski definition) is 0. The number of fused-ring (bicyclic) bond motifs is 1. The Morgan fingerprint density at radius 3 is 2.19 bits per heavy atom. The van der Waals surface area contributed by atoms with Gasteiger partial charge in [0.25, 0.3) is 5.91 Å². The van der Waals surface area contributed by atoms with Crippen molar-refractivity contribution in [1.29, 1.82) is 0 Å². The van der Waals surface area contributed by atoms with Gasteiger partial charge in [-0.2, -0.15) is 0 Å². The molecule has 6 nitrogen and oxygen atoms in total. The molecule has 1 heterocycles. The third-order valence-corrected chi connectivity index (χ3v) is 5.07. The molecule has 0 aromatic heterocycles. The fourth-order valence-corrected chi connectivity index (χ4v) is 3.57. The predicted molar refractivity (Wildman–Crippen MR) is 102 cm³/mol. The van der Waals surface area contributed by atoms with Crippen LogP contribution in [0.2, 0.25) is 0 Å². The van der Waals surface area contributed by atoms with Gasteiger partial charge >= 0.3 is 0 Å². The van der Waals surface area contributed by atoms with Crippen LogP contribution in [0.4, 0.5) is 0 Å². The molecule has 0 aliphatic carbocycles. The molecule has 0 saturated heterocycles. The first-order valence-electron chi connectivity index (χ1n) is 8.81. The molecule has 0 saturated carbocycles. The van der Waals surface area contributed by atoms with E-state index in [9.17, 15) is 4.79 Å². The van der Waals surface area contributed by atoms with Crippen molar-refractivity contribution in [1.82, 2.24) is 4.90 Å². The van der Waals surface area contributed by atoms with E-state index < -0.39 is 0 Å². The second-order valence-electron chi connectivity index (χ2n) is 6.40. The molecule has 1 aliphatic heterocycles. The summed E-state index contributed by atoms with van der Waals surface area (Å²) in [6.45, 7) is 2.68. The highest BCUT2D eigenvalue weighted by Crippen LogP contribution is 2.39. The summed E-state index contributed by atoms with van der Waals surface area (Å²) in [6, 6.07) is 9.37. The molecule has 0 radical (unpaired) electrons. The van der Waals surface area contributed by atoms with Crippen LogP contribution in [0.5, 0.6) is 23.0 Å². The van der Waals surface area contributed by atoms with Gasteiger partial charge in [-0.3, -0.25) is 4.79 Å². The monoisotopic (exact) mass is 371 g/mol. The summed E-state index contributed by atoms with van der Waals surface area (Å²) in [6.07, 6.45) is 0.805. The maximum absolute atomic E-state index is 13.3. The third kappa shape index (κ3) is 3.39. The van der Waals surface area contributed by atoms with Gasteiger partial charge in [0.15, 0.2) is 11.5 Å². The van der Waals surface area contributed by atoms with Gasteiger partial charge in [0, 0.05) is 12.1 Å². The normalized spacial score (nSPS) is 15.7. The number of ether oxygens (including phenoxy) is 4. The zero-order valence-electron chi connectivity index (χ0n) is 16.4. The Morgan fingerprint density at radius 1 is 0.963 bits per heavy atom. The number of methoxy groups -OCH3 is 4. The maximum atomic E-state index is 13.3. The van der Waals surface area contributed by atoms with Crippen LogP contribution in [0.1, 0.15) is 34.5 Å². The summed E-state index contributed by atoms with van der Waals surface area (Å²) >= 11 is 0. The highest BCUT2D eigenvalue weighted by atomic mass is 16.5. The van der Waals surface area contributed by atoms with E-state index in [1.54, 1.807) is 26.4 Å². The highest BCUT2D eigenvalue weighted by molar-refractivity contribution is 5.96. The Labute approximate surface area is 159 Å². The number of carbonyl (C=O) groups excluding carboxylic acids is 1. The Morgan fingerprint density at radius 2 is 1.63 bits per heavy atom. The zero-order valence-corrected chi connectivity index (χ0v) is 16.4. The quantitative estimate of drug-likeness (QED) is 0.805. The number of benzene rings is 2. The van der Waals surface area contributed by atoms with Crippen molar-refractivity contribution in [2.24, 2.45) is 0 Å². The van der Waals surface area contributed by atoms with Crippen molar-refractivity contribution < 1.29 is 23.7 Å². The second kappa shape index (κ2) is 7.78. The molecule has 1 aliphatic rings. The molecule has 2 aromatic rings. The SMILES string of the molecule is COc1ccc2c(c1)C(C)N(C(=O)c1cc(OC)c(OC)c(OC)c1)CC2. The molecule has 1 atom stereocenters. The van der Waals surface area contributed by atoms with Gasteiger partial charge in [-0.1, -0.05) is 6.07 Å². The van der Waals surface area contributed by atoms with Crippen LogP contribution >= 0.6 is 0 Å². The molecule has 3 rings (SSSR count). The molecule has 0 fully saturated rings. The molecule has 6 heteroatoms. The van der Waals surface area contributed by atoms with Crippen molar-refractivity contribution in [3.8, 4) is 23.0 Å². The van der Waals surface area contributed by atoms with Crippen molar-refractivity contribution in [2.75, 3.05) is 35.0 Å². The molecule has 144 valence electrons. The lowest BCUT2D eigenvalue weighted by molar-refractivity contribution is 0.0676. The summed E-state index contributed by atoms with van der Waals surface area (Å²) in [7, 11) is 6.27. The summed E-state index contributed by atoms with van der Waals surface area (Å²) in [5.41, 5.74) is 2.86. The lowest BCUT2D eigenvalue weighted by atomic mass is 9.92. The minimum atomic E-state index is -0.0739. The number of carbonyl (C=O) groups is 1. The fraction of sp³-hybridized carbons (Fsp3) is 0.381. The van der Waals surface area contributed by atoms with Crippen LogP contribution in [0.15, 0.2) is 30.3 Å². The maximum Gasteiger partial charge on any atom is 0.254 e. The van der Waals surface area contributed by atoms with E-state index in [2.05, 4.69) is 6.07 Å². The molecule has 0 spiro atoms. The molecule has 0 N–H and O–H groups in total. The summed E-state index contributed by atoms with van der Waals surface area (Å²) in [4.78, 5) is 15.1. The first kappa shape index (κ1) is 18.9. The molecule has 2 aromatic carbocycles. The van der Waals surface area contributed by atoms with E-state index in [0.717, 1.165) is 17.7 Å². The van der Waals surface area contributed by atoms with Gasteiger partial charge in [-0.05, 0) is 48.7 Å². The highest BCUT2D eigenvalue weighted by Gasteiger charge is 2.30. The molecular weight excluding hydrogens is 346 g/mol. The largest absolute Gasteiger partial charge is 0.497 e. The Kier molecular flexibility index (Phi) is 5.44. The first-order chi connectivity index (χ1) is 13.0. The molecule has 27 heavy (non-hydrogen) atoms. The van der Waals surface area contributed by atoms with Gasteiger partial charge in [0.1, 0.15) is 5.75 Å². The van der Waals surface area contributed by atoms with Crippen LogP contribution in [-0.4, -0.2) is 45.8 Å². The van der Waals surface area contributed by atoms with Gasteiger partial charge in [-0.25, -0.2) is 0 Å². The van der Waals surface area contributed by atoms with Gasteiger partial charge < -0.3 is 23.8 Å². The predicted octanol–water partition coefficient (Wildman–Crippen LogP) is 3.48. The lowest BCUT2D eigenvalue weighted by Crippen LogP contribution is -2.38. The molecule has 1 unspecified atom stereocenters. The van der Waals surface area contributed by atoms with E-state index in [1.807, 2.05) is 24.0 Å². The number of amides is 1. The molecular formula is C21H25NO5. The van der Waals surface area contributed by atoms with E-state index in [0.29, 0.717) is 29.4 Å². The Bertz CT molecular complexity index is 823. The summed E-state index contributed by atoms with van der Waals surface area (Å²) < 4.78 is 21.4. The minimum Gasteiger partial charge on any atom is -0.497 e. The zero-order chi connectivity index (χ0) is 19.6. The van der Waals surface area contributed by atoms with Gasteiger partial charge in [-0.15, -0.1) is 0 Å². The lowest BCUT2D eigenvalue weighted by Gasteiger charge is -2.35. The standard InChI is InChI=1S/C21H25NO5/c1-13-17-12-16(24-2)7-6-14(17)8-9-22(13)21(23)15-10-18(25-3)20(27-5)19(11-15)26-4/h6-7,10-13H,8-9H2,1-5H3. The third-order valence-electron chi connectivity index (χ3n) is 5.07.